The van der Waals surface area contributed by atoms with Crippen LogP contribution in [0.5, 0.6) is 5.75 Å². The van der Waals surface area contributed by atoms with Crippen LogP contribution in [0.1, 0.15) is 16.1 Å². The van der Waals surface area contributed by atoms with Crippen molar-refractivity contribution in [3.8, 4) is 17.1 Å². The van der Waals surface area contributed by atoms with Crippen LogP contribution in [0.15, 0.2) is 71.2 Å². The smallest absolute Gasteiger partial charge is 0.280 e. The molecule has 0 unspecified atom stereocenters. The average Bonchev–Trinajstić information content (AvgIpc) is 3.21. The van der Waals surface area contributed by atoms with Gasteiger partial charge in [0, 0.05) is 18.7 Å². The third-order valence-electron chi connectivity index (χ3n) is 4.09. The van der Waals surface area contributed by atoms with Gasteiger partial charge in [-0.05, 0) is 54.6 Å². The van der Waals surface area contributed by atoms with Crippen LogP contribution in [-0.2, 0) is 4.74 Å². The Hall–Kier alpha value is -3.71. The summed E-state index contributed by atoms with van der Waals surface area (Å²) in [7, 11) is 1.60. The quantitative estimate of drug-likeness (QED) is 0.171. The van der Waals surface area contributed by atoms with E-state index in [0.29, 0.717) is 41.6 Å². The Balaban J connectivity index is 1.68. The van der Waals surface area contributed by atoms with E-state index in [4.69, 9.17) is 13.9 Å². The van der Waals surface area contributed by atoms with E-state index >= 15 is 0 Å². The number of rotatable bonds is 9. The molecular formula is C22H19NO6. The summed E-state index contributed by atoms with van der Waals surface area (Å²) < 4.78 is 16.0. The summed E-state index contributed by atoms with van der Waals surface area (Å²) in [5.74, 6) is 1.24. The third-order valence-corrected chi connectivity index (χ3v) is 4.09. The fourth-order valence-corrected chi connectivity index (χ4v) is 2.64. The SMILES string of the molecule is COCCOc1ccc(C(=O)/C=C/c2ccc(-c3ccccc3[N+](=O)[O-])o2)cc1. The molecule has 0 aliphatic carbocycles. The van der Waals surface area contributed by atoms with E-state index < -0.39 is 4.92 Å². The molecule has 0 saturated heterocycles. The van der Waals surface area contributed by atoms with E-state index in [-0.39, 0.29) is 11.5 Å². The van der Waals surface area contributed by atoms with Crippen molar-refractivity contribution < 1.29 is 23.6 Å². The number of allylic oxidation sites excluding steroid dienone is 1. The van der Waals surface area contributed by atoms with Gasteiger partial charge in [0.1, 0.15) is 23.9 Å². The van der Waals surface area contributed by atoms with Crippen molar-refractivity contribution in [3.05, 3.63) is 88.2 Å². The topological polar surface area (TPSA) is 91.8 Å². The van der Waals surface area contributed by atoms with Crippen molar-refractivity contribution in [3.63, 3.8) is 0 Å². The summed E-state index contributed by atoms with van der Waals surface area (Å²) in [6.45, 7) is 0.921. The molecular weight excluding hydrogens is 374 g/mol. The van der Waals surface area contributed by atoms with Crippen molar-refractivity contribution in [2.75, 3.05) is 20.3 Å². The van der Waals surface area contributed by atoms with Crippen LogP contribution in [0.4, 0.5) is 5.69 Å². The van der Waals surface area contributed by atoms with Crippen LogP contribution in [0, 0.1) is 10.1 Å². The van der Waals surface area contributed by atoms with Gasteiger partial charge in [0.2, 0.25) is 0 Å². The summed E-state index contributed by atoms with van der Waals surface area (Å²) in [4.78, 5) is 23.0. The summed E-state index contributed by atoms with van der Waals surface area (Å²) in [6, 6.07) is 16.4. The zero-order chi connectivity index (χ0) is 20.6. The van der Waals surface area contributed by atoms with E-state index in [0.717, 1.165) is 0 Å². The fourth-order valence-electron chi connectivity index (χ4n) is 2.64. The van der Waals surface area contributed by atoms with Gasteiger partial charge in [-0.1, -0.05) is 12.1 Å². The van der Waals surface area contributed by atoms with Crippen LogP contribution in [0.3, 0.4) is 0 Å². The minimum absolute atomic E-state index is 0.0405. The first kappa shape index (κ1) is 20.0. The maximum atomic E-state index is 12.3. The lowest BCUT2D eigenvalue weighted by Crippen LogP contribution is -2.04. The zero-order valence-corrected chi connectivity index (χ0v) is 15.7. The van der Waals surface area contributed by atoms with Gasteiger partial charge in [-0.3, -0.25) is 14.9 Å². The summed E-state index contributed by atoms with van der Waals surface area (Å²) in [5.41, 5.74) is 0.847. The molecule has 0 bridgehead atoms. The molecule has 1 heterocycles. The second-order valence-electron chi connectivity index (χ2n) is 6.04. The summed E-state index contributed by atoms with van der Waals surface area (Å²) in [6.07, 6.45) is 2.92. The molecule has 7 nitrogen and oxygen atoms in total. The van der Waals surface area contributed by atoms with Crippen molar-refractivity contribution in [2.24, 2.45) is 0 Å². The van der Waals surface area contributed by atoms with Crippen LogP contribution >= 0.6 is 0 Å². The number of nitro groups is 1. The molecule has 148 valence electrons. The number of nitrogens with zero attached hydrogens (tertiary/aromatic N) is 1. The Morgan fingerprint density at radius 3 is 2.55 bits per heavy atom. The highest BCUT2D eigenvalue weighted by Crippen LogP contribution is 2.31. The number of ketones is 1. The Morgan fingerprint density at radius 1 is 1.07 bits per heavy atom. The largest absolute Gasteiger partial charge is 0.491 e. The number of hydrogen-bond acceptors (Lipinski definition) is 6. The van der Waals surface area contributed by atoms with Crippen LogP contribution in [-0.4, -0.2) is 31.0 Å². The standard InChI is InChI=1S/C22H19NO6/c1-27-14-15-28-17-8-6-16(7-9-17)21(24)12-10-18-11-13-22(29-18)19-4-2-3-5-20(19)23(25)26/h2-13H,14-15H2,1H3/b12-10+. The van der Waals surface area contributed by atoms with E-state index in [9.17, 15) is 14.9 Å². The Morgan fingerprint density at radius 2 is 1.83 bits per heavy atom. The molecule has 0 radical (unpaired) electrons. The molecule has 0 saturated carbocycles. The fraction of sp³-hybridized carbons (Fsp3) is 0.136. The van der Waals surface area contributed by atoms with Gasteiger partial charge >= 0.3 is 0 Å². The number of para-hydroxylation sites is 1. The molecule has 0 spiro atoms. The first-order valence-corrected chi connectivity index (χ1v) is 8.86. The molecule has 0 aliphatic heterocycles. The molecule has 0 fully saturated rings. The van der Waals surface area contributed by atoms with Crippen molar-refractivity contribution in [1.82, 2.24) is 0 Å². The lowest BCUT2D eigenvalue weighted by Gasteiger charge is -2.05. The number of methoxy groups -OCH3 is 1. The van der Waals surface area contributed by atoms with Crippen molar-refractivity contribution in [2.45, 2.75) is 0 Å². The molecule has 29 heavy (non-hydrogen) atoms. The number of hydrogen-bond donors (Lipinski definition) is 0. The Bertz CT molecular complexity index is 1020. The van der Waals surface area contributed by atoms with Crippen LogP contribution < -0.4 is 4.74 Å². The van der Waals surface area contributed by atoms with Crippen molar-refractivity contribution in [1.29, 1.82) is 0 Å². The molecule has 3 rings (SSSR count). The highest BCUT2D eigenvalue weighted by molar-refractivity contribution is 6.06. The minimum Gasteiger partial charge on any atom is -0.491 e. The van der Waals surface area contributed by atoms with Crippen LogP contribution in [0.2, 0.25) is 0 Å². The van der Waals surface area contributed by atoms with Gasteiger partial charge in [-0.25, -0.2) is 0 Å². The van der Waals surface area contributed by atoms with E-state index in [1.165, 1.54) is 18.2 Å². The molecule has 0 atom stereocenters. The highest BCUT2D eigenvalue weighted by Gasteiger charge is 2.16. The molecule has 0 aliphatic rings. The lowest BCUT2D eigenvalue weighted by atomic mass is 10.1. The predicted octanol–water partition coefficient (Wildman–Crippen LogP) is 4.78. The molecule has 3 aromatic rings. The van der Waals surface area contributed by atoms with Gasteiger partial charge < -0.3 is 13.9 Å². The van der Waals surface area contributed by atoms with Gasteiger partial charge in [-0.15, -0.1) is 0 Å². The van der Waals surface area contributed by atoms with Gasteiger partial charge in [0.25, 0.3) is 5.69 Å². The van der Waals surface area contributed by atoms with E-state index in [1.54, 1.807) is 61.7 Å². The van der Waals surface area contributed by atoms with Crippen LogP contribution in [0.25, 0.3) is 17.4 Å². The Kier molecular flexibility index (Phi) is 6.55. The first-order chi connectivity index (χ1) is 14.1. The lowest BCUT2D eigenvalue weighted by molar-refractivity contribution is -0.384. The number of carbonyl (C=O) groups is 1. The number of nitro benzene ring substituents is 1. The molecule has 7 heteroatoms. The molecule has 2 aromatic carbocycles. The number of ether oxygens (including phenoxy) is 2. The zero-order valence-electron chi connectivity index (χ0n) is 15.7. The highest BCUT2D eigenvalue weighted by atomic mass is 16.6. The predicted molar refractivity (Wildman–Crippen MR) is 108 cm³/mol. The number of furan rings is 1. The molecule has 0 amide bonds. The molecule has 1 aromatic heterocycles. The monoisotopic (exact) mass is 393 g/mol. The maximum Gasteiger partial charge on any atom is 0.280 e. The van der Waals surface area contributed by atoms with E-state index in [1.807, 2.05) is 0 Å². The first-order valence-electron chi connectivity index (χ1n) is 8.86. The summed E-state index contributed by atoms with van der Waals surface area (Å²) >= 11 is 0. The molecule has 0 N–H and O–H groups in total. The maximum absolute atomic E-state index is 12.3. The van der Waals surface area contributed by atoms with Crippen molar-refractivity contribution >= 4 is 17.5 Å². The minimum atomic E-state index is -0.459. The van der Waals surface area contributed by atoms with Gasteiger partial charge in [0.15, 0.2) is 5.78 Å². The average molecular weight is 393 g/mol. The normalized spacial score (nSPS) is 10.9. The van der Waals surface area contributed by atoms with Gasteiger partial charge in [0.05, 0.1) is 17.1 Å². The second-order valence-corrected chi connectivity index (χ2v) is 6.04. The summed E-state index contributed by atoms with van der Waals surface area (Å²) in [5, 5.41) is 11.2. The third kappa shape index (κ3) is 5.18. The second kappa shape index (κ2) is 9.48. The Labute approximate surface area is 167 Å². The van der Waals surface area contributed by atoms with E-state index in [2.05, 4.69) is 0 Å². The van der Waals surface area contributed by atoms with Gasteiger partial charge in [-0.2, -0.15) is 0 Å². The number of benzene rings is 2. The number of carbonyl (C=O) groups excluding carboxylic acids is 1.